The van der Waals surface area contributed by atoms with E-state index in [1.54, 1.807) is 13.8 Å². The van der Waals surface area contributed by atoms with E-state index < -0.39 is 11.2 Å². The summed E-state index contributed by atoms with van der Waals surface area (Å²) in [7, 11) is 0. The van der Waals surface area contributed by atoms with Crippen LogP contribution in [0.15, 0.2) is 0 Å². The Morgan fingerprint density at radius 2 is 1.50 bits per heavy atom. The number of rotatable bonds is 3. The van der Waals surface area contributed by atoms with Gasteiger partial charge < -0.3 is 10.2 Å². The lowest BCUT2D eigenvalue weighted by atomic mass is 9.80. The Bertz CT molecular complexity index is 175. The van der Waals surface area contributed by atoms with Crippen molar-refractivity contribution < 1.29 is 15.0 Å². The third-order valence-corrected chi connectivity index (χ3v) is 2.20. The van der Waals surface area contributed by atoms with E-state index in [1.807, 2.05) is 0 Å². The van der Waals surface area contributed by atoms with Crippen molar-refractivity contribution in [1.82, 2.24) is 0 Å². The molecule has 0 saturated heterocycles. The molecule has 0 aromatic rings. The van der Waals surface area contributed by atoms with Gasteiger partial charge in [-0.25, -0.2) is 0 Å². The van der Waals surface area contributed by atoms with E-state index in [2.05, 4.69) is 0 Å². The quantitative estimate of drug-likeness (QED) is 0.663. The van der Waals surface area contributed by atoms with Gasteiger partial charge in [-0.3, -0.25) is 4.79 Å². The van der Waals surface area contributed by atoms with Gasteiger partial charge in [0.25, 0.3) is 0 Å². The molecule has 0 aliphatic rings. The Morgan fingerprint density at radius 3 is 1.58 bits per heavy atom. The predicted octanol–water partition coefficient (Wildman–Crippen LogP) is 0.733. The van der Waals surface area contributed by atoms with E-state index in [0.29, 0.717) is 0 Å². The molecule has 0 bridgehead atoms. The number of hydrogen-bond donors (Lipinski definition) is 2. The van der Waals surface area contributed by atoms with E-state index in [9.17, 15) is 15.0 Å². The summed E-state index contributed by atoms with van der Waals surface area (Å²) in [6.45, 7) is 7.58. The van der Waals surface area contributed by atoms with Crippen molar-refractivity contribution in [3.05, 3.63) is 0 Å². The molecular weight excluding hydrogens is 156 g/mol. The van der Waals surface area contributed by atoms with E-state index in [1.165, 1.54) is 20.8 Å². The highest BCUT2D eigenvalue weighted by atomic mass is 16.4. The molecule has 0 amide bonds. The highest BCUT2D eigenvalue weighted by Crippen LogP contribution is 2.24. The maximum absolute atomic E-state index is 11.4. The first-order valence-electron chi connectivity index (χ1n) is 4.09. The molecule has 0 aliphatic heterocycles. The summed E-state index contributed by atoms with van der Waals surface area (Å²) >= 11 is 0. The van der Waals surface area contributed by atoms with Crippen LogP contribution in [-0.2, 0) is 4.79 Å². The first-order chi connectivity index (χ1) is 5.10. The second-order valence-electron chi connectivity index (χ2n) is 4.15. The average Bonchev–Trinajstić information content (AvgIpc) is 1.83. The lowest BCUT2D eigenvalue weighted by Gasteiger charge is -2.35. The molecule has 0 saturated carbocycles. The largest absolute Gasteiger partial charge is 0.387 e. The minimum atomic E-state index is -1.67. The highest BCUT2D eigenvalue weighted by molar-refractivity contribution is 5.89. The molecule has 0 radical (unpaired) electrons. The number of hydrogen-bond acceptors (Lipinski definition) is 3. The van der Waals surface area contributed by atoms with Gasteiger partial charge in [0, 0.05) is 5.92 Å². The molecular formula is C9H18O3. The van der Waals surface area contributed by atoms with Gasteiger partial charge in [-0.05, 0) is 20.8 Å². The van der Waals surface area contributed by atoms with E-state index >= 15 is 0 Å². The molecule has 3 nitrogen and oxygen atoms in total. The van der Waals surface area contributed by atoms with Crippen LogP contribution < -0.4 is 0 Å². The summed E-state index contributed by atoms with van der Waals surface area (Å²) in [5, 5.41) is 19.2. The van der Waals surface area contributed by atoms with Crippen LogP contribution in [0.25, 0.3) is 0 Å². The standard InChI is InChI=1S/C9H18O3/c1-6(2)7(10)9(5,12)8(3,4)11/h6,11-12H,1-5H3. The Balaban J connectivity index is 4.74. The van der Waals surface area contributed by atoms with Crippen molar-refractivity contribution in [3.63, 3.8) is 0 Å². The van der Waals surface area contributed by atoms with Crippen LogP contribution in [0.4, 0.5) is 0 Å². The Morgan fingerprint density at radius 1 is 1.17 bits per heavy atom. The van der Waals surface area contributed by atoms with Crippen molar-refractivity contribution in [2.75, 3.05) is 0 Å². The van der Waals surface area contributed by atoms with Gasteiger partial charge in [0.2, 0.25) is 0 Å². The van der Waals surface area contributed by atoms with Gasteiger partial charge in [0.1, 0.15) is 5.60 Å². The molecule has 2 N–H and O–H groups in total. The fourth-order valence-corrected chi connectivity index (χ4v) is 0.864. The number of carbonyl (C=O) groups excluding carboxylic acids is 1. The van der Waals surface area contributed by atoms with Crippen LogP contribution in [0, 0.1) is 5.92 Å². The van der Waals surface area contributed by atoms with Gasteiger partial charge in [0.15, 0.2) is 5.78 Å². The number of Topliss-reactive ketones (excluding diaryl/α,β-unsaturated/α-hetero) is 1. The van der Waals surface area contributed by atoms with Crippen LogP contribution in [-0.4, -0.2) is 27.2 Å². The van der Waals surface area contributed by atoms with Crippen LogP contribution in [0.3, 0.4) is 0 Å². The highest BCUT2D eigenvalue weighted by Gasteiger charge is 2.44. The zero-order chi connectivity index (χ0) is 10.2. The normalized spacial score (nSPS) is 17.7. The van der Waals surface area contributed by atoms with Gasteiger partial charge in [0.05, 0.1) is 5.60 Å². The molecule has 0 rings (SSSR count). The van der Waals surface area contributed by atoms with Crippen molar-refractivity contribution >= 4 is 5.78 Å². The first-order valence-corrected chi connectivity index (χ1v) is 4.09. The van der Waals surface area contributed by atoms with E-state index in [0.717, 1.165) is 0 Å². The van der Waals surface area contributed by atoms with Gasteiger partial charge in [-0.1, -0.05) is 13.8 Å². The summed E-state index contributed by atoms with van der Waals surface area (Å²) in [5.41, 5.74) is -3.06. The maximum Gasteiger partial charge on any atom is 0.169 e. The molecule has 0 aliphatic carbocycles. The van der Waals surface area contributed by atoms with Crippen LogP contribution in [0.5, 0.6) is 0 Å². The number of carbonyl (C=O) groups is 1. The van der Waals surface area contributed by atoms with Crippen LogP contribution >= 0.6 is 0 Å². The fraction of sp³-hybridized carbons (Fsp3) is 0.889. The summed E-state index contributed by atoms with van der Waals surface area (Å²) in [4.78, 5) is 11.4. The SMILES string of the molecule is CC(C)C(=O)C(C)(O)C(C)(C)O. The van der Waals surface area contributed by atoms with Crippen LogP contribution in [0.2, 0.25) is 0 Å². The Kier molecular flexibility index (Phi) is 3.04. The molecule has 0 spiro atoms. The third kappa shape index (κ3) is 2.05. The lowest BCUT2D eigenvalue weighted by molar-refractivity contribution is -0.164. The van der Waals surface area contributed by atoms with Crippen molar-refractivity contribution in [1.29, 1.82) is 0 Å². The molecule has 0 aromatic carbocycles. The summed E-state index contributed by atoms with van der Waals surface area (Å²) < 4.78 is 0. The second kappa shape index (κ2) is 3.15. The fourth-order valence-electron chi connectivity index (χ4n) is 0.864. The Labute approximate surface area is 73.4 Å². The van der Waals surface area contributed by atoms with Crippen molar-refractivity contribution in [3.8, 4) is 0 Å². The van der Waals surface area contributed by atoms with Gasteiger partial charge in [-0.15, -0.1) is 0 Å². The monoisotopic (exact) mass is 174 g/mol. The Hall–Kier alpha value is -0.410. The zero-order valence-corrected chi connectivity index (χ0v) is 8.38. The van der Waals surface area contributed by atoms with Crippen LogP contribution in [0.1, 0.15) is 34.6 Å². The van der Waals surface area contributed by atoms with Gasteiger partial charge in [-0.2, -0.15) is 0 Å². The molecule has 3 heteroatoms. The molecule has 1 atom stereocenters. The third-order valence-electron chi connectivity index (χ3n) is 2.20. The molecule has 72 valence electrons. The smallest absolute Gasteiger partial charge is 0.169 e. The van der Waals surface area contributed by atoms with Crippen molar-refractivity contribution in [2.24, 2.45) is 5.92 Å². The minimum absolute atomic E-state index is 0.272. The van der Waals surface area contributed by atoms with Gasteiger partial charge >= 0.3 is 0 Å². The predicted molar refractivity (Wildman–Crippen MR) is 46.8 cm³/mol. The molecule has 0 fully saturated rings. The summed E-state index contributed by atoms with van der Waals surface area (Å²) in [6.07, 6.45) is 0. The number of ketones is 1. The molecule has 1 unspecified atom stereocenters. The number of aliphatic hydroxyl groups is 2. The molecule has 12 heavy (non-hydrogen) atoms. The van der Waals surface area contributed by atoms with E-state index in [-0.39, 0.29) is 11.7 Å². The zero-order valence-electron chi connectivity index (χ0n) is 8.38. The molecule has 0 aromatic heterocycles. The average molecular weight is 174 g/mol. The minimum Gasteiger partial charge on any atom is -0.387 e. The summed E-state index contributed by atoms with van der Waals surface area (Å²) in [6, 6.07) is 0. The first kappa shape index (κ1) is 11.6. The second-order valence-corrected chi connectivity index (χ2v) is 4.15. The molecule has 0 heterocycles. The topological polar surface area (TPSA) is 57.5 Å². The lowest BCUT2D eigenvalue weighted by Crippen LogP contribution is -2.55. The summed E-state index contributed by atoms with van der Waals surface area (Å²) in [5.74, 6) is -0.610. The maximum atomic E-state index is 11.4. The van der Waals surface area contributed by atoms with E-state index in [4.69, 9.17) is 0 Å². The van der Waals surface area contributed by atoms with Crippen molar-refractivity contribution in [2.45, 2.75) is 45.8 Å².